The normalized spacial score (nSPS) is 10.5. The lowest BCUT2D eigenvalue weighted by molar-refractivity contribution is 0.0657. The molecule has 6 heteroatoms. The lowest BCUT2D eigenvalue weighted by atomic mass is 10.1. The average molecular weight is 237 g/mol. The summed E-state index contributed by atoms with van der Waals surface area (Å²) in [7, 11) is 0. The Hall–Kier alpha value is -2.08. The van der Waals surface area contributed by atoms with Crippen molar-refractivity contribution in [3.05, 3.63) is 28.6 Å². The van der Waals surface area contributed by atoms with Gasteiger partial charge < -0.3 is 15.9 Å². The van der Waals surface area contributed by atoms with Crippen molar-refractivity contribution in [2.75, 3.05) is 5.73 Å². The van der Waals surface area contributed by atoms with Gasteiger partial charge >= 0.3 is 11.9 Å². The topological polar surface area (TPSA) is 101 Å². The molecule has 0 fully saturated rings. The summed E-state index contributed by atoms with van der Waals surface area (Å²) in [4.78, 5) is 21.7. The lowest BCUT2D eigenvalue weighted by Crippen LogP contribution is -2.04. The summed E-state index contributed by atoms with van der Waals surface area (Å²) in [6.45, 7) is 0. The highest BCUT2D eigenvalue weighted by Crippen LogP contribution is 2.32. The first-order valence-electron chi connectivity index (χ1n) is 4.29. The number of nitrogen functional groups attached to an aromatic ring is 1. The highest BCUT2D eigenvalue weighted by Gasteiger charge is 2.22. The third-order valence-corrected chi connectivity index (χ3v) is 3.28. The van der Waals surface area contributed by atoms with Crippen LogP contribution in [0.25, 0.3) is 10.1 Å². The Bertz CT molecular complexity index is 602. The fourth-order valence-corrected chi connectivity index (χ4v) is 2.49. The van der Waals surface area contributed by atoms with Crippen molar-refractivity contribution in [2.24, 2.45) is 0 Å². The molecule has 0 radical (unpaired) electrons. The first-order chi connectivity index (χ1) is 7.50. The quantitative estimate of drug-likeness (QED) is 0.692. The van der Waals surface area contributed by atoms with Crippen LogP contribution in [0.4, 0.5) is 5.69 Å². The van der Waals surface area contributed by atoms with E-state index < -0.39 is 11.9 Å². The van der Waals surface area contributed by atoms with Gasteiger partial charge in [-0.15, -0.1) is 11.3 Å². The molecular formula is C10H7NO4S. The smallest absolute Gasteiger partial charge is 0.346 e. The Kier molecular flexibility index (Phi) is 2.28. The first kappa shape index (κ1) is 10.4. The molecule has 0 aliphatic heterocycles. The van der Waals surface area contributed by atoms with E-state index in [9.17, 15) is 9.59 Å². The van der Waals surface area contributed by atoms with Gasteiger partial charge in [-0.1, -0.05) is 0 Å². The number of carboxylic acid groups (broad SMARTS) is 2. The van der Waals surface area contributed by atoms with E-state index in [-0.39, 0.29) is 10.4 Å². The van der Waals surface area contributed by atoms with Crippen molar-refractivity contribution in [2.45, 2.75) is 0 Å². The van der Waals surface area contributed by atoms with Gasteiger partial charge in [0.2, 0.25) is 0 Å². The Morgan fingerprint density at radius 3 is 2.44 bits per heavy atom. The number of fused-ring (bicyclic) bond motifs is 1. The Morgan fingerprint density at radius 2 is 1.88 bits per heavy atom. The molecule has 1 aromatic heterocycles. The second-order valence-electron chi connectivity index (χ2n) is 3.17. The van der Waals surface area contributed by atoms with E-state index in [0.29, 0.717) is 15.8 Å². The number of thiophene rings is 1. The number of carboxylic acids is 2. The molecule has 0 unspecified atom stereocenters. The molecule has 5 nitrogen and oxygen atoms in total. The molecule has 0 saturated heterocycles. The predicted octanol–water partition coefficient (Wildman–Crippen LogP) is 1.88. The van der Waals surface area contributed by atoms with Gasteiger partial charge in [0.15, 0.2) is 0 Å². The summed E-state index contributed by atoms with van der Waals surface area (Å²) in [5, 5.41) is 18.3. The van der Waals surface area contributed by atoms with Crippen LogP contribution >= 0.6 is 11.3 Å². The second-order valence-corrected chi connectivity index (χ2v) is 4.22. The maximum Gasteiger partial charge on any atom is 0.346 e. The van der Waals surface area contributed by atoms with Gasteiger partial charge in [0.05, 0.1) is 5.56 Å². The fourth-order valence-electron chi connectivity index (χ4n) is 1.48. The summed E-state index contributed by atoms with van der Waals surface area (Å²) >= 11 is 0.933. The zero-order valence-corrected chi connectivity index (χ0v) is 8.75. The van der Waals surface area contributed by atoms with Crippen LogP contribution in [-0.4, -0.2) is 22.2 Å². The van der Waals surface area contributed by atoms with Crippen molar-refractivity contribution in [3.8, 4) is 0 Å². The van der Waals surface area contributed by atoms with Gasteiger partial charge in [-0.05, 0) is 18.2 Å². The zero-order valence-electron chi connectivity index (χ0n) is 7.93. The van der Waals surface area contributed by atoms with Crippen LogP contribution in [0, 0.1) is 0 Å². The van der Waals surface area contributed by atoms with E-state index in [1.54, 1.807) is 12.1 Å². The van der Waals surface area contributed by atoms with Crippen molar-refractivity contribution in [1.29, 1.82) is 0 Å². The third kappa shape index (κ3) is 1.49. The van der Waals surface area contributed by atoms with Gasteiger partial charge in [0, 0.05) is 15.8 Å². The minimum atomic E-state index is -1.26. The van der Waals surface area contributed by atoms with E-state index in [0.717, 1.165) is 11.3 Å². The summed E-state index contributed by atoms with van der Waals surface area (Å²) < 4.78 is 0.601. The van der Waals surface area contributed by atoms with E-state index in [1.165, 1.54) is 6.07 Å². The van der Waals surface area contributed by atoms with Crippen molar-refractivity contribution in [1.82, 2.24) is 0 Å². The monoisotopic (exact) mass is 237 g/mol. The predicted molar refractivity (Wildman–Crippen MR) is 60.2 cm³/mol. The molecule has 2 rings (SSSR count). The van der Waals surface area contributed by atoms with Crippen LogP contribution in [0.1, 0.15) is 20.0 Å². The molecule has 0 aliphatic rings. The van der Waals surface area contributed by atoms with E-state index in [2.05, 4.69) is 0 Å². The molecule has 4 N–H and O–H groups in total. The third-order valence-electron chi connectivity index (χ3n) is 2.12. The molecular weight excluding hydrogens is 230 g/mol. The summed E-state index contributed by atoms with van der Waals surface area (Å²) in [6, 6.07) is 4.70. The van der Waals surface area contributed by atoms with Crippen LogP contribution in [0.15, 0.2) is 18.2 Å². The summed E-state index contributed by atoms with van der Waals surface area (Å²) in [5.74, 6) is -2.49. The maximum atomic E-state index is 11.0. The number of aromatic carboxylic acids is 2. The Morgan fingerprint density at radius 1 is 1.19 bits per heavy atom. The number of nitrogens with two attached hydrogens (primary N) is 1. The highest BCUT2D eigenvalue weighted by atomic mass is 32.1. The Balaban J connectivity index is 2.88. The average Bonchev–Trinajstić information content (AvgIpc) is 2.55. The number of hydrogen-bond acceptors (Lipinski definition) is 4. The number of hydrogen-bond donors (Lipinski definition) is 3. The van der Waals surface area contributed by atoms with Crippen LogP contribution < -0.4 is 5.73 Å². The Labute approximate surface area is 93.7 Å². The SMILES string of the molecule is Nc1ccc2sc(C(=O)O)c(C(=O)O)c2c1. The number of anilines is 1. The molecule has 82 valence electrons. The van der Waals surface area contributed by atoms with Crippen molar-refractivity contribution >= 4 is 39.0 Å². The van der Waals surface area contributed by atoms with E-state index >= 15 is 0 Å². The molecule has 0 amide bonds. The minimum absolute atomic E-state index is 0.173. The first-order valence-corrected chi connectivity index (χ1v) is 5.11. The van der Waals surface area contributed by atoms with Gasteiger partial charge in [0.25, 0.3) is 0 Å². The second kappa shape index (κ2) is 3.49. The van der Waals surface area contributed by atoms with Gasteiger partial charge in [-0.25, -0.2) is 9.59 Å². The van der Waals surface area contributed by atoms with Gasteiger partial charge in [-0.2, -0.15) is 0 Å². The maximum absolute atomic E-state index is 11.0. The van der Waals surface area contributed by atoms with Crippen LogP contribution in [0.2, 0.25) is 0 Å². The molecule has 1 heterocycles. The highest BCUT2D eigenvalue weighted by molar-refractivity contribution is 7.21. The molecule has 1 aromatic carbocycles. The van der Waals surface area contributed by atoms with E-state index in [1.807, 2.05) is 0 Å². The summed E-state index contributed by atoms with van der Waals surface area (Å²) in [5.41, 5.74) is 5.76. The van der Waals surface area contributed by atoms with E-state index in [4.69, 9.17) is 15.9 Å². The summed E-state index contributed by atoms with van der Waals surface area (Å²) in [6.07, 6.45) is 0. The molecule has 0 bridgehead atoms. The van der Waals surface area contributed by atoms with Crippen LogP contribution in [-0.2, 0) is 0 Å². The zero-order chi connectivity index (χ0) is 11.9. The molecule has 0 spiro atoms. The van der Waals surface area contributed by atoms with Crippen LogP contribution in [0.3, 0.4) is 0 Å². The molecule has 16 heavy (non-hydrogen) atoms. The number of rotatable bonds is 2. The van der Waals surface area contributed by atoms with Gasteiger partial charge in [0.1, 0.15) is 4.88 Å². The molecule has 2 aromatic rings. The molecule has 0 aliphatic carbocycles. The standard InChI is InChI=1S/C10H7NO4S/c11-4-1-2-6-5(3-4)7(9(12)13)8(16-6)10(14)15/h1-3H,11H2,(H,12,13)(H,14,15). The van der Waals surface area contributed by atoms with Crippen molar-refractivity contribution in [3.63, 3.8) is 0 Å². The lowest BCUT2D eigenvalue weighted by Gasteiger charge is -1.95. The van der Waals surface area contributed by atoms with Gasteiger partial charge in [-0.3, -0.25) is 0 Å². The number of benzene rings is 1. The van der Waals surface area contributed by atoms with Crippen LogP contribution in [0.5, 0.6) is 0 Å². The minimum Gasteiger partial charge on any atom is -0.478 e. The fraction of sp³-hybridized carbons (Fsp3) is 0. The largest absolute Gasteiger partial charge is 0.478 e. The molecule has 0 atom stereocenters. The molecule has 0 saturated carbocycles. The van der Waals surface area contributed by atoms with Crippen molar-refractivity contribution < 1.29 is 19.8 Å². The number of carbonyl (C=O) groups is 2.